The SMILES string of the molecule is CC(CNCC(=O)N1CCN(C)CC1)N(C)C1CC1. The fourth-order valence-corrected chi connectivity index (χ4v) is 2.54. The molecule has 2 rings (SSSR count). The highest BCUT2D eigenvalue weighted by molar-refractivity contribution is 5.78. The van der Waals surface area contributed by atoms with Crippen LogP contribution in [0.25, 0.3) is 0 Å². The minimum atomic E-state index is 0.245. The van der Waals surface area contributed by atoms with E-state index in [0.29, 0.717) is 12.6 Å². The highest BCUT2D eigenvalue weighted by Gasteiger charge is 2.29. The van der Waals surface area contributed by atoms with Gasteiger partial charge in [-0.25, -0.2) is 0 Å². The first-order valence-corrected chi connectivity index (χ1v) is 7.47. The highest BCUT2D eigenvalue weighted by Crippen LogP contribution is 2.26. The van der Waals surface area contributed by atoms with E-state index in [1.807, 2.05) is 4.90 Å². The zero-order valence-electron chi connectivity index (χ0n) is 12.6. The van der Waals surface area contributed by atoms with Gasteiger partial charge in [0.1, 0.15) is 0 Å². The van der Waals surface area contributed by atoms with Gasteiger partial charge >= 0.3 is 0 Å². The van der Waals surface area contributed by atoms with Crippen molar-refractivity contribution in [3.63, 3.8) is 0 Å². The summed E-state index contributed by atoms with van der Waals surface area (Å²) in [5.41, 5.74) is 0. The normalized spacial score (nSPS) is 22.8. The molecule has 19 heavy (non-hydrogen) atoms. The van der Waals surface area contributed by atoms with Gasteiger partial charge in [0.2, 0.25) is 5.91 Å². The predicted octanol–water partition coefficient (Wildman–Crippen LogP) is -0.167. The molecule has 2 fully saturated rings. The number of rotatable bonds is 6. The van der Waals surface area contributed by atoms with Crippen molar-refractivity contribution in [3.05, 3.63) is 0 Å². The van der Waals surface area contributed by atoms with Crippen molar-refractivity contribution in [2.24, 2.45) is 0 Å². The van der Waals surface area contributed by atoms with E-state index < -0.39 is 0 Å². The van der Waals surface area contributed by atoms with E-state index in [4.69, 9.17) is 0 Å². The molecule has 5 nitrogen and oxygen atoms in total. The van der Waals surface area contributed by atoms with Gasteiger partial charge in [-0.2, -0.15) is 0 Å². The Morgan fingerprint density at radius 2 is 1.95 bits per heavy atom. The Labute approximate surface area is 116 Å². The van der Waals surface area contributed by atoms with E-state index in [1.54, 1.807) is 0 Å². The summed E-state index contributed by atoms with van der Waals surface area (Å²) in [6, 6.07) is 1.29. The molecule has 1 N–H and O–H groups in total. The Hall–Kier alpha value is -0.650. The van der Waals surface area contributed by atoms with Crippen LogP contribution in [0.3, 0.4) is 0 Å². The van der Waals surface area contributed by atoms with Crippen LogP contribution in [-0.4, -0.2) is 86.1 Å². The van der Waals surface area contributed by atoms with E-state index in [0.717, 1.165) is 38.8 Å². The lowest BCUT2D eigenvalue weighted by atomic mass is 10.3. The highest BCUT2D eigenvalue weighted by atomic mass is 16.2. The molecule has 0 aromatic carbocycles. The summed E-state index contributed by atoms with van der Waals surface area (Å²) in [4.78, 5) is 18.7. The number of hydrogen-bond donors (Lipinski definition) is 1. The fraction of sp³-hybridized carbons (Fsp3) is 0.929. The fourth-order valence-electron chi connectivity index (χ4n) is 2.54. The lowest BCUT2D eigenvalue weighted by Gasteiger charge is -2.32. The van der Waals surface area contributed by atoms with Crippen LogP contribution in [0.5, 0.6) is 0 Å². The van der Waals surface area contributed by atoms with E-state index >= 15 is 0 Å². The smallest absolute Gasteiger partial charge is 0.236 e. The second-order valence-electron chi connectivity index (χ2n) is 6.06. The van der Waals surface area contributed by atoms with Gasteiger partial charge in [-0.3, -0.25) is 9.69 Å². The van der Waals surface area contributed by atoms with Gasteiger partial charge in [-0.1, -0.05) is 0 Å². The molecule has 0 spiro atoms. The molecule has 0 bridgehead atoms. The molecule has 1 heterocycles. The molecule has 110 valence electrons. The van der Waals surface area contributed by atoms with Crippen molar-refractivity contribution in [3.8, 4) is 0 Å². The number of nitrogens with zero attached hydrogens (tertiary/aromatic N) is 3. The maximum absolute atomic E-state index is 12.0. The summed E-state index contributed by atoms with van der Waals surface area (Å²) in [7, 11) is 4.29. The first kappa shape index (κ1) is 14.8. The number of amides is 1. The molecule has 1 aliphatic heterocycles. The third-order valence-corrected chi connectivity index (χ3v) is 4.39. The number of carbonyl (C=O) groups is 1. The molecule has 1 atom stereocenters. The molecule has 2 aliphatic rings. The Bertz CT molecular complexity index is 298. The minimum Gasteiger partial charge on any atom is -0.339 e. The summed E-state index contributed by atoms with van der Waals surface area (Å²) in [6.07, 6.45) is 2.67. The molecule has 0 aromatic rings. The second-order valence-corrected chi connectivity index (χ2v) is 6.06. The molecule has 0 aromatic heterocycles. The molecule has 1 amide bonds. The van der Waals surface area contributed by atoms with Gasteiger partial charge in [-0.15, -0.1) is 0 Å². The number of likely N-dealkylation sites (N-methyl/N-ethyl adjacent to an activating group) is 2. The number of nitrogens with one attached hydrogen (secondary N) is 1. The zero-order chi connectivity index (χ0) is 13.8. The van der Waals surface area contributed by atoms with Crippen molar-refractivity contribution in [2.45, 2.75) is 31.8 Å². The van der Waals surface area contributed by atoms with Gasteiger partial charge in [0.25, 0.3) is 0 Å². The number of hydrogen-bond acceptors (Lipinski definition) is 4. The van der Waals surface area contributed by atoms with Crippen molar-refractivity contribution < 1.29 is 4.79 Å². The monoisotopic (exact) mass is 268 g/mol. The van der Waals surface area contributed by atoms with Crippen LogP contribution in [-0.2, 0) is 4.79 Å². The van der Waals surface area contributed by atoms with Crippen LogP contribution in [0.15, 0.2) is 0 Å². The average Bonchev–Trinajstić information content (AvgIpc) is 3.22. The Morgan fingerprint density at radius 3 is 2.53 bits per heavy atom. The van der Waals surface area contributed by atoms with Crippen molar-refractivity contribution >= 4 is 5.91 Å². The summed E-state index contributed by atoms with van der Waals surface area (Å²) >= 11 is 0. The Balaban J connectivity index is 1.60. The van der Waals surface area contributed by atoms with Gasteiger partial charge in [0.05, 0.1) is 6.54 Å². The molecular weight excluding hydrogens is 240 g/mol. The first-order chi connectivity index (χ1) is 9.08. The third-order valence-electron chi connectivity index (χ3n) is 4.39. The van der Waals surface area contributed by atoms with E-state index in [-0.39, 0.29) is 5.91 Å². The summed E-state index contributed by atoms with van der Waals surface area (Å²) < 4.78 is 0. The number of carbonyl (C=O) groups excluding carboxylic acids is 1. The van der Waals surface area contributed by atoms with Crippen molar-refractivity contribution in [2.75, 3.05) is 53.4 Å². The zero-order valence-corrected chi connectivity index (χ0v) is 12.6. The number of piperazine rings is 1. The lowest BCUT2D eigenvalue weighted by Crippen LogP contribution is -2.50. The largest absolute Gasteiger partial charge is 0.339 e. The average molecular weight is 268 g/mol. The summed E-state index contributed by atoms with van der Waals surface area (Å²) in [5, 5.41) is 3.31. The van der Waals surface area contributed by atoms with Gasteiger partial charge in [-0.05, 0) is 33.9 Å². The molecule has 1 unspecified atom stereocenters. The summed E-state index contributed by atoms with van der Waals surface area (Å²) in [6.45, 7) is 7.33. The van der Waals surface area contributed by atoms with Crippen LogP contribution < -0.4 is 5.32 Å². The van der Waals surface area contributed by atoms with Crippen LogP contribution in [0.2, 0.25) is 0 Å². The standard InChI is InChI=1S/C14H28N4O/c1-12(17(3)13-4-5-13)10-15-11-14(19)18-8-6-16(2)7-9-18/h12-13,15H,4-11H2,1-3H3. The van der Waals surface area contributed by atoms with E-state index in [9.17, 15) is 4.79 Å². The minimum absolute atomic E-state index is 0.245. The Morgan fingerprint density at radius 1 is 1.32 bits per heavy atom. The second kappa shape index (κ2) is 6.68. The topological polar surface area (TPSA) is 38.8 Å². The molecular formula is C14H28N4O. The van der Waals surface area contributed by atoms with E-state index in [1.165, 1.54) is 12.8 Å². The molecule has 5 heteroatoms. The van der Waals surface area contributed by atoms with Crippen LogP contribution >= 0.6 is 0 Å². The summed E-state index contributed by atoms with van der Waals surface area (Å²) in [5.74, 6) is 0.245. The van der Waals surface area contributed by atoms with Crippen LogP contribution in [0, 0.1) is 0 Å². The molecule has 1 aliphatic carbocycles. The van der Waals surface area contributed by atoms with Crippen LogP contribution in [0.1, 0.15) is 19.8 Å². The van der Waals surface area contributed by atoms with Gasteiger partial charge < -0.3 is 15.1 Å². The van der Waals surface area contributed by atoms with Crippen molar-refractivity contribution in [1.29, 1.82) is 0 Å². The molecule has 1 saturated heterocycles. The third kappa shape index (κ3) is 4.44. The quantitative estimate of drug-likeness (QED) is 0.726. The van der Waals surface area contributed by atoms with E-state index in [2.05, 4.69) is 36.1 Å². The molecule has 0 radical (unpaired) electrons. The van der Waals surface area contributed by atoms with Crippen molar-refractivity contribution in [1.82, 2.24) is 20.0 Å². The molecule has 1 saturated carbocycles. The lowest BCUT2D eigenvalue weighted by molar-refractivity contribution is -0.131. The van der Waals surface area contributed by atoms with Gasteiger partial charge in [0.15, 0.2) is 0 Å². The maximum Gasteiger partial charge on any atom is 0.236 e. The van der Waals surface area contributed by atoms with Gasteiger partial charge in [0, 0.05) is 44.8 Å². The first-order valence-electron chi connectivity index (χ1n) is 7.47. The van der Waals surface area contributed by atoms with Crippen LogP contribution in [0.4, 0.5) is 0 Å². The predicted molar refractivity (Wildman–Crippen MR) is 77.2 cm³/mol. The maximum atomic E-state index is 12.0. The Kier molecular flexibility index (Phi) is 5.19.